The van der Waals surface area contributed by atoms with Crippen LogP contribution in [-0.2, 0) is 28.7 Å². The Hall–Kier alpha value is -4.06. The molecule has 2 atom stereocenters. The van der Waals surface area contributed by atoms with Crippen LogP contribution >= 0.6 is 0 Å². The third-order valence-electron chi connectivity index (χ3n) is 10.7. The smallest absolute Gasteiger partial charge is 0.407 e. The number of aliphatic hydroxyl groups excluding tert-OH is 3. The number of carbonyl (C=O) groups is 6. The van der Waals surface area contributed by atoms with Gasteiger partial charge in [0.1, 0.15) is 0 Å². The van der Waals surface area contributed by atoms with Crippen LogP contribution in [-0.4, -0.2) is 335 Å². The van der Waals surface area contributed by atoms with Crippen molar-refractivity contribution in [1.82, 2.24) is 44.1 Å². The Morgan fingerprint density at radius 3 is 1.02 bits per heavy atom. The van der Waals surface area contributed by atoms with Crippen molar-refractivity contribution in [3.63, 3.8) is 0 Å². The summed E-state index contributed by atoms with van der Waals surface area (Å²) in [4.78, 5) is 84.8. The van der Waals surface area contributed by atoms with Gasteiger partial charge < -0.3 is 65.2 Å². The van der Waals surface area contributed by atoms with Gasteiger partial charge in [0.15, 0.2) is 0 Å². The van der Waals surface area contributed by atoms with Gasteiger partial charge in [0.05, 0.1) is 71.4 Å². The molecule has 370 valence electrons. The van der Waals surface area contributed by atoms with Crippen molar-refractivity contribution < 1.29 is 84.2 Å². The topological polar surface area (TPSA) is 332 Å². The Kier molecular flexibility index (Phi) is 27.8. The molecule has 2 saturated heterocycles. The Bertz CT molecular complexity index is 1380. The van der Waals surface area contributed by atoms with E-state index in [1.807, 2.05) is 4.90 Å². The number of carboxylic acid groups (broad SMARTS) is 6. The third kappa shape index (κ3) is 26.0. The number of hydrogen-bond donors (Lipinski definition) is 9. The first-order valence-electron chi connectivity index (χ1n) is 21.5. The molecular weight excluding hydrogens is 854 g/mol. The summed E-state index contributed by atoms with van der Waals surface area (Å²) in [6.45, 7) is 2.13. The lowest BCUT2D eigenvalue weighted by atomic mass is 10.2. The van der Waals surface area contributed by atoms with Gasteiger partial charge in [-0.3, -0.25) is 53.5 Å². The van der Waals surface area contributed by atoms with Crippen molar-refractivity contribution in [3.8, 4) is 0 Å². The van der Waals surface area contributed by atoms with E-state index in [2.05, 4.69) is 0 Å². The SMILES string of the molecule is O=C(O)CN1CCN(CC(=O)O)CCN(CC(O)CN(CCOCCOCCO)CC(O)CN2CCN(CC(=O)O)CCN(C(=O)O)CCN(C(=O)O)CC2)CCN(CC(=O)O)CC1. The molecule has 2 amide bonds. The second-order valence-corrected chi connectivity index (χ2v) is 15.8. The summed E-state index contributed by atoms with van der Waals surface area (Å²) in [5.74, 6) is -4.31. The lowest BCUT2D eigenvalue weighted by Gasteiger charge is -2.35. The summed E-state index contributed by atoms with van der Waals surface area (Å²) in [6.07, 6.45) is -4.59. The fourth-order valence-corrected chi connectivity index (χ4v) is 7.36. The van der Waals surface area contributed by atoms with Gasteiger partial charge in [-0.2, -0.15) is 0 Å². The van der Waals surface area contributed by atoms with Crippen LogP contribution in [0.4, 0.5) is 9.59 Å². The third-order valence-corrected chi connectivity index (χ3v) is 10.7. The van der Waals surface area contributed by atoms with E-state index in [0.717, 1.165) is 9.80 Å². The fourth-order valence-electron chi connectivity index (χ4n) is 7.36. The molecule has 2 aliphatic heterocycles. The molecule has 2 rings (SSSR count). The van der Waals surface area contributed by atoms with Gasteiger partial charge in [0.2, 0.25) is 0 Å². The van der Waals surface area contributed by atoms with Crippen LogP contribution in [0.3, 0.4) is 0 Å². The number of β-amino-alcohol motifs (C(OH)–C–C–N with tert-alkyl or cyclic N) is 2. The number of amides is 2. The molecule has 0 aromatic carbocycles. The predicted octanol–water partition coefficient (Wildman–Crippen LogP) is -4.83. The fraction of sp³-hybridized carbons (Fsp3) is 0.842. The maximum absolute atomic E-state index is 12.1. The average molecular weight is 926 g/mol. The summed E-state index contributed by atoms with van der Waals surface area (Å²) in [5, 5.41) is 89.7. The highest BCUT2D eigenvalue weighted by Gasteiger charge is 2.26. The molecule has 0 aliphatic carbocycles. The van der Waals surface area contributed by atoms with Crippen LogP contribution in [0.5, 0.6) is 0 Å². The van der Waals surface area contributed by atoms with Crippen molar-refractivity contribution in [2.75, 3.05) is 197 Å². The first-order chi connectivity index (χ1) is 30.4. The summed E-state index contributed by atoms with van der Waals surface area (Å²) < 4.78 is 11.0. The van der Waals surface area contributed by atoms with E-state index in [1.165, 1.54) is 0 Å². The van der Waals surface area contributed by atoms with E-state index < -0.39 is 48.3 Å². The highest BCUT2D eigenvalue weighted by atomic mass is 16.5. The zero-order chi connectivity index (χ0) is 47.4. The van der Waals surface area contributed by atoms with Crippen LogP contribution in [0.15, 0.2) is 0 Å². The number of aliphatic carboxylic acids is 4. The highest BCUT2D eigenvalue weighted by molar-refractivity contribution is 5.70. The lowest BCUT2D eigenvalue weighted by Crippen LogP contribution is -2.51. The Balaban J connectivity index is 2.26. The largest absolute Gasteiger partial charge is 0.480 e. The maximum Gasteiger partial charge on any atom is 0.407 e. The molecule has 9 N–H and O–H groups in total. The lowest BCUT2D eigenvalue weighted by molar-refractivity contribution is -0.140. The highest BCUT2D eigenvalue weighted by Crippen LogP contribution is 2.07. The molecule has 2 fully saturated rings. The summed E-state index contributed by atoms with van der Waals surface area (Å²) >= 11 is 0. The summed E-state index contributed by atoms with van der Waals surface area (Å²) in [6, 6.07) is 0. The molecule has 0 radical (unpaired) electrons. The van der Waals surface area contributed by atoms with Gasteiger partial charge >= 0.3 is 36.1 Å². The van der Waals surface area contributed by atoms with E-state index in [9.17, 15) is 69.6 Å². The molecule has 26 heteroatoms. The number of carboxylic acids is 4. The minimum Gasteiger partial charge on any atom is -0.480 e. The molecule has 0 saturated carbocycles. The Morgan fingerprint density at radius 1 is 0.422 bits per heavy atom. The normalized spacial score (nSPS) is 19.5. The molecule has 2 unspecified atom stereocenters. The van der Waals surface area contributed by atoms with Crippen LogP contribution < -0.4 is 0 Å². The number of nitrogens with zero attached hydrogens (tertiary/aromatic N) is 9. The molecular formula is C38H71N9O17. The minimum absolute atomic E-state index is 0.0206. The van der Waals surface area contributed by atoms with E-state index in [1.54, 1.807) is 29.4 Å². The minimum atomic E-state index is -1.26. The van der Waals surface area contributed by atoms with E-state index >= 15 is 0 Å². The molecule has 2 heterocycles. The summed E-state index contributed by atoms with van der Waals surface area (Å²) in [5.41, 5.74) is 0. The zero-order valence-electron chi connectivity index (χ0n) is 36.7. The Morgan fingerprint density at radius 2 is 0.703 bits per heavy atom. The number of hydrogen-bond acceptors (Lipinski definition) is 18. The first-order valence-corrected chi connectivity index (χ1v) is 21.5. The van der Waals surface area contributed by atoms with Gasteiger partial charge in [0.25, 0.3) is 0 Å². The molecule has 0 bridgehead atoms. The number of aliphatic hydroxyl groups is 3. The average Bonchev–Trinajstić information content (AvgIpc) is 3.19. The van der Waals surface area contributed by atoms with Crippen LogP contribution in [0.1, 0.15) is 0 Å². The van der Waals surface area contributed by atoms with Gasteiger partial charge in [-0.1, -0.05) is 0 Å². The van der Waals surface area contributed by atoms with Crippen LogP contribution in [0.25, 0.3) is 0 Å². The van der Waals surface area contributed by atoms with Crippen molar-refractivity contribution in [2.45, 2.75) is 12.2 Å². The standard InChI is InChI=1S/C38H71N9O17/c48-18-20-64-22-21-63-19-17-45(26-32(50)24-40-3-6-44(30-36(57)58)12-14-47(38(61)62)16-15-46(13-11-40)37(59)60)25-31(49)23-39-1-4-41(27-33(51)52)7-9-43(29-35(55)56)10-8-42(5-2-39)28-34(53)54/h31-32,48-50H,1-30H2,(H,51,52)(H,53,54)(H,55,56)(H,57,58)(H,59,60)(H,61,62). The zero-order valence-corrected chi connectivity index (χ0v) is 36.7. The van der Waals surface area contributed by atoms with Crippen LogP contribution in [0.2, 0.25) is 0 Å². The molecule has 26 nitrogen and oxygen atoms in total. The number of rotatable bonds is 24. The second-order valence-electron chi connectivity index (χ2n) is 15.8. The molecule has 64 heavy (non-hydrogen) atoms. The quantitative estimate of drug-likeness (QED) is 0.0410. The van der Waals surface area contributed by atoms with Gasteiger partial charge in [-0.25, -0.2) is 9.59 Å². The monoisotopic (exact) mass is 925 g/mol. The predicted molar refractivity (Wildman–Crippen MR) is 226 cm³/mol. The van der Waals surface area contributed by atoms with Crippen molar-refractivity contribution >= 4 is 36.1 Å². The Labute approximate surface area is 372 Å². The van der Waals surface area contributed by atoms with Crippen molar-refractivity contribution in [3.05, 3.63) is 0 Å². The number of ether oxygens (including phenoxy) is 2. The van der Waals surface area contributed by atoms with Gasteiger partial charge in [-0.15, -0.1) is 0 Å². The molecule has 0 spiro atoms. The van der Waals surface area contributed by atoms with E-state index in [0.29, 0.717) is 13.1 Å². The summed E-state index contributed by atoms with van der Waals surface area (Å²) in [7, 11) is 0. The van der Waals surface area contributed by atoms with Gasteiger partial charge in [0, 0.05) is 137 Å². The van der Waals surface area contributed by atoms with Gasteiger partial charge in [-0.05, 0) is 0 Å². The maximum atomic E-state index is 12.1. The van der Waals surface area contributed by atoms with Crippen molar-refractivity contribution in [2.24, 2.45) is 0 Å². The van der Waals surface area contributed by atoms with E-state index in [-0.39, 0.29) is 184 Å². The molecule has 0 aromatic heterocycles. The molecule has 2 aliphatic rings. The first kappa shape index (κ1) is 56.1. The second kappa shape index (κ2) is 31.8. The van der Waals surface area contributed by atoms with Crippen LogP contribution in [0, 0.1) is 0 Å². The van der Waals surface area contributed by atoms with E-state index in [4.69, 9.17) is 14.6 Å². The van der Waals surface area contributed by atoms with Crippen molar-refractivity contribution in [1.29, 1.82) is 0 Å². The molecule has 0 aromatic rings.